The number of halogens is 2. The van der Waals surface area contributed by atoms with Crippen molar-refractivity contribution in [3.05, 3.63) is 67.1 Å². The fourth-order valence-electron chi connectivity index (χ4n) is 3.01. The largest absolute Gasteiger partial charge is 0.369 e. The molecule has 0 heterocycles. The molecule has 154 valence electrons. The lowest BCUT2D eigenvalue weighted by atomic mass is 9.87. The predicted molar refractivity (Wildman–Crippen MR) is 102 cm³/mol. The molecule has 0 fully saturated rings. The van der Waals surface area contributed by atoms with E-state index in [0.29, 0.717) is 0 Å². The van der Waals surface area contributed by atoms with Crippen LogP contribution in [0.4, 0.5) is 0 Å². The second-order valence-electron chi connectivity index (χ2n) is 7.14. The van der Waals surface area contributed by atoms with Crippen molar-refractivity contribution < 1.29 is 24.8 Å². The highest BCUT2D eigenvalue weighted by Crippen LogP contribution is 2.38. The second-order valence-corrected chi connectivity index (χ2v) is 8.35. The molecule has 0 amide bonds. The van der Waals surface area contributed by atoms with E-state index in [9.17, 15) is 30.4 Å². The van der Waals surface area contributed by atoms with E-state index >= 15 is 0 Å². The number of rotatable bonds is 7. The van der Waals surface area contributed by atoms with Gasteiger partial charge in [-0.15, -0.1) is 0 Å². The second kappa shape index (κ2) is 8.30. The molecule has 28 heavy (non-hydrogen) atoms. The van der Waals surface area contributed by atoms with Gasteiger partial charge in [-0.1, -0.05) is 37.0 Å². The van der Waals surface area contributed by atoms with Gasteiger partial charge in [-0.25, -0.2) is 0 Å². The van der Waals surface area contributed by atoms with Gasteiger partial charge < -0.3 is 14.9 Å². The molecule has 0 aliphatic heterocycles. The van der Waals surface area contributed by atoms with Crippen LogP contribution in [0.2, 0.25) is 0 Å². The first-order valence-electron chi connectivity index (χ1n) is 8.39. The fraction of sp³-hybridized carbons (Fsp3) is 0.529. The Balaban J connectivity index is 2.46. The van der Waals surface area contributed by atoms with Gasteiger partial charge in [0.15, 0.2) is 10.1 Å². The molecular weight excluding hydrogens is 415 g/mol. The normalized spacial score (nSPS) is 28.8. The topological polar surface area (TPSA) is 136 Å². The monoisotopic (exact) mass is 434 g/mol. The molecule has 2 aliphatic rings. The van der Waals surface area contributed by atoms with Crippen LogP contribution < -0.4 is 0 Å². The van der Waals surface area contributed by atoms with Crippen LogP contribution in [0.5, 0.6) is 0 Å². The van der Waals surface area contributed by atoms with E-state index in [-0.39, 0.29) is 47.9 Å². The van der Waals surface area contributed by atoms with Crippen molar-refractivity contribution in [2.75, 3.05) is 6.61 Å². The molecule has 0 saturated heterocycles. The van der Waals surface area contributed by atoms with Crippen molar-refractivity contribution in [1.82, 2.24) is 0 Å². The molecule has 0 saturated carbocycles. The molecule has 0 aromatic heterocycles. The van der Waals surface area contributed by atoms with Crippen LogP contribution in [0.15, 0.2) is 46.8 Å². The van der Waals surface area contributed by atoms with Crippen LogP contribution in [0, 0.1) is 26.1 Å². The maximum atomic E-state index is 11.2. The number of alkyl halides is 2. The molecule has 2 atom stereocenters. The highest BCUT2D eigenvalue weighted by molar-refractivity contribution is 6.25. The number of aliphatic hydroxyl groups is 2. The third-order valence-electron chi connectivity index (χ3n) is 4.02. The molecule has 2 unspecified atom stereocenters. The van der Waals surface area contributed by atoms with Crippen molar-refractivity contribution in [2.45, 2.75) is 42.9 Å². The van der Waals surface area contributed by atoms with Gasteiger partial charge in [-0.3, -0.25) is 20.2 Å². The van der Waals surface area contributed by atoms with Crippen LogP contribution in [-0.2, 0) is 4.74 Å². The first-order chi connectivity index (χ1) is 12.8. The third kappa shape index (κ3) is 5.86. The van der Waals surface area contributed by atoms with Crippen molar-refractivity contribution in [3.8, 4) is 0 Å². The Morgan fingerprint density at radius 1 is 1.00 bits per heavy atom. The summed E-state index contributed by atoms with van der Waals surface area (Å²) in [6.45, 7) is 3.97. The Morgan fingerprint density at radius 2 is 1.39 bits per heavy atom. The first kappa shape index (κ1) is 22.5. The van der Waals surface area contributed by atoms with E-state index < -0.39 is 26.1 Å². The first-order valence-corrected chi connectivity index (χ1v) is 9.15. The Labute approximate surface area is 170 Å². The summed E-state index contributed by atoms with van der Waals surface area (Å²) in [4.78, 5) is 21.1. The van der Waals surface area contributed by atoms with Crippen molar-refractivity contribution in [3.63, 3.8) is 0 Å². The molecule has 2 aliphatic carbocycles. The van der Waals surface area contributed by atoms with E-state index in [2.05, 4.69) is 0 Å². The Bertz CT molecular complexity index is 737. The van der Waals surface area contributed by atoms with Gasteiger partial charge >= 0.3 is 0 Å². The summed E-state index contributed by atoms with van der Waals surface area (Å²) in [5.41, 5.74) is -0.183. The van der Waals surface area contributed by atoms with E-state index in [1.807, 2.05) is 13.8 Å². The summed E-state index contributed by atoms with van der Waals surface area (Å²) in [6, 6.07) is 0. The molecule has 0 bridgehead atoms. The minimum Gasteiger partial charge on any atom is -0.369 e. The summed E-state index contributed by atoms with van der Waals surface area (Å²) in [5, 5.41) is 38.6. The molecule has 2 rings (SSSR count). The number of nitro groups is 2. The van der Waals surface area contributed by atoms with Crippen LogP contribution >= 0.6 is 23.2 Å². The molecule has 0 spiro atoms. The van der Waals surface area contributed by atoms with Crippen LogP contribution in [0.3, 0.4) is 0 Å². The number of hydrogen-bond donors (Lipinski definition) is 2. The Morgan fingerprint density at radius 3 is 1.71 bits per heavy atom. The molecule has 0 aromatic rings. The van der Waals surface area contributed by atoms with Gasteiger partial charge in [-0.05, 0) is 29.2 Å². The third-order valence-corrected chi connectivity index (χ3v) is 4.46. The van der Waals surface area contributed by atoms with Crippen molar-refractivity contribution in [1.29, 1.82) is 0 Å². The minimum atomic E-state index is -2.11. The minimum absolute atomic E-state index is 0.0803. The summed E-state index contributed by atoms with van der Waals surface area (Å²) >= 11 is 11.8. The molecule has 0 aromatic carbocycles. The van der Waals surface area contributed by atoms with Crippen LogP contribution in [-0.4, -0.2) is 42.9 Å². The van der Waals surface area contributed by atoms with Gasteiger partial charge in [0, 0.05) is 12.2 Å². The predicted octanol–water partition coefficient (Wildman–Crippen LogP) is 2.86. The fourth-order valence-corrected chi connectivity index (χ4v) is 3.54. The van der Waals surface area contributed by atoms with Gasteiger partial charge in [0.25, 0.3) is 11.4 Å². The Hall–Kier alpha value is -1.78. The molecule has 0 radical (unpaired) electrons. The zero-order valence-corrected chi connectivity index (χ0v) is 16.7. The maximum absolute atomic E-state index is 11.2. The number of allylic oxidation sites excluding steroid dienone is 2. The summed E-state index contributed by atoms with van der Waals surface area (Å²) in [7, 11) is 0. The summed E-state index contributed by atoms with van der Waals surface area (Å²) < 4.78 is 5.85. The van der Waals surface area contributed by atoms with E-state index in [1.54, 1.807) is 0 Å². The smallest absolute Gasteiger partial charge is 0.250 e. The SMILES string of the molecule is CC(C)COC(C1=CC(O)(Cl)C=C([N+](=O)[O-])C1)C1=CC(O)(Cl)C=C([N+](=O)[O-])C1. The average Bonchev–Trinajstić information content (AvgIpc) is 2.51. The maximum Gasteiger partial charge on any atom is 0.250 e. The average molecular weight is 435 g/mol. The summed E-state index contributed by atoms with van der Waals surface area (Å²) in [5.74, 6) is 0.0803. The van der Waals surface area contributed by atoms with Gasteiger partial charge in [0.1, 0.15) is 6.10 Å². The zero-order chi connectivity index (χ0) is 21.3. The number of ether oxygens (including phenoxy) is 1. The summed E-state index contributed by atoms with van der Waals surface area (Å²) in [6.07, 6.45) is 2.83. The highest BCUT2D eigenvalue weighted by atomic mass is 35.5. The zero-order valence-electron chi connectivity index (χ0n) is 15.2. The lowest BCUT2D eigenvalue weighted by molar-refractivity contribution is -0.428. The molecule has 2 N–H and O–H groups in total. The molecular formula is C17H20Cl2N2O7. The van der Waals surface area contributed by atoms with E-state index in [4.69, 9.17) is 27.9 Å². The quantitative estimate of drug-likeness (QED) is 0.272. The lowest BCUT2D eigenvalue weighted by Gasteiger charge is -2.30. The van der Waals surface area contributed by atoms with Crippen molar-refractivity contribution in [2.24, 2.45) is 5.92 Å². The highest BCUT2D eigenvalue weighted by Gasteiger charge is 2.38. The van der Waals surface area contributed by atoms with E-state index in [0.717, 1.165) is 12.2 Å². The van der Waals surface area contributed by atoms with E-state index in [1.165, 1.54) is 12.2 Å². The van der Waals surface area contributed by atoms with Crippen LogP contribution in [0.1, 0.15) is 26.7 Å². The number of hydrogen-bond acceptors (Lipinski definition) is 7. The standard InChI is InChI=1S/C17H20Cl2N2O7/c1-10(2)9-28-15(11-3-13(20(24)25)7-16(18,22)5-11)12-4-14(21(26)27)8-17(19,23)6-12/h5-8,10,15,22-23H,3-4,9H2,1-2H3. The van der Waals surface area contributed by atoms with Crippen molar-refractivity contribution >= 4 is 23.2 Å². The van der Waals surface area contributed by atoms with Gasteiger partial charge in [-0.2, -0.15) is 0 Å². The van der Waals surface area contributed by atoms with Crippen LogP contribution in [0.25, 0.3) is 0 Å². The van der Waals surface area contributed by atoms with Gasteiger partial charge in [0.05, 0.1) is 29.3 Å². The lowest BCUT2D eigenvalue weighted by Crippen LogP contribution is -2.32. The number of nitrogens with zero attached hydrogens (tertiary/aromatic N) is 2. The Kier molecular flexibility index (Phi) is 6.67. The van der Waals surface area contributed by atoms with Gasteiger partial charge in [0.2, 0.25) is 0 Å². The molecule has 9 nitrogen and oxygen atoms in total. The molecule has 11 heteroatoms.